The van der Waals surface area contributed by atoms with E-state index < -0.39 is 0 Å². The maximum Gasteiger partial charge on any atom is 0.257 e. The second kappa shape index (κ2) is 3.77. The SMILES string of the molecule is Nc1cc(C2CC2)n(-c2ccccc2)c(=O)c1. The van der Waals surface area contributed by atoms with Crippen LogP contribution >= 0.6 is 0 Å². The molecule has 0 atom stereocenters. The van der Waals surface area contributed by atoms with Crippen LogP contribution in [0.3, 0.4) is 0 Å². The number of hydrogen-bond acceptors (Lipinski definition) is 2. The van der Waals surface area contributed by atoms with Gasteiger partial charge in [-0.1, -0.05) is 18.2 Å². The van der Waals surface area contributed by atoms with Gasteiger partial charge < -0.3 is 5.73 Å². The first-order valence-corrected chi connectivity index (χ1v) is 5.83. The van der Waals surface area contributed by atoms with Gasteiger partial charge in [0.05, 0.1) is 0 Å². The van der Waals surface area contributed by atoms with Crippen LogP contribution < -0.4 is 11.3 Å². The summed E-state index contributed by atoms with van der Waals surface area (Å²) < 4.78 is 1.77. The first-order valence-electron chi connectivity index (χ1n) is 5.83. The van der Waals surface area contributed by atoms with Gasteiger partial charge in [0, 0.05) is 23.1 Å². The van der Waals surface area contributed by atoms with E-state index in [1.807, 2.05) is 36.4 Å². The molecule has 1 aromatic carbocycles. The lowest BCUT2D eigenvalue weighted by Gasteiger charge is -2.12. The second-order valence-electron chi connectivity index (χ2n) is 4.50. The van der Waals surface area contributed by atoms with Crippen molar-refractivity contribution in [2.75, 3.05) is 5.73 Å². The first-order chi connectivity index (χ1) is 8.25. The van der Waals surface area contributed by atoms with Gasteiger partial charge in [0.2, 0.25) is 0 Å². The Balaban J connectivity index is 2.24. The molecule has 1 aliphatic rings. The summed E-state index contributed by atoms with van der Waals surface area (Å²) in [6.07, 6.45) is 2.30. The van der Waals surface area contributed by atoms with Crippen LogP contribution in [-0.2, 0) is 0 Å². The van der Waals surface area contributed by atoms with Crippen molar-refractivity contribution in [2.24, 2.45) is 0 Å². The summed E-state index contributed by atoms with van der Waals surface area (Å²) in [4.78, 5) is 12.1. The number of hydrogen-bond donors (Lipinski definition) is 1. The van der Waals surface area contributed by atoms with E-state index in [2.05, 4.69) is 0 Å². The standard InChI is InChI=1S/C14H14N2O/c15-11-8-13(10-6-7-10)16(14(17)9-11)12-4-2-1-3-5-12/h1-5,8-10H,6-7,15H2. The van der Waals surface area contributed by atoms with Gasteiger partial charge in [-0.2, -0.15) is 0 Å². The minimum Gasteiger partial charge on any atom is -0.399 e. The Bertz CT molecular complexity index is 597. The molecule has 0 unspecified atom stereocenters. The third kappa shape index (κ3) is 1.84. The van der Waals surface area contributed by atoms with Gasteiger partial charge in [0.15, 0.2) is 0 Å². The molecule has 0 spiro atoms. The molecule has 1 heterocycles. The summed E-state index contributed by atoms with van der Waals surface area (Å²) in [5.74, 6) is 0.492. The number of para-hydroxylation sites is 1. The normalized spacial score (nSPS) is 14.8. The monoisotopic (exact) mass is 226 g/mol. The Morgan fingerprint density at radius 3 is 2.47 bits per heavy atom. The first kappa shape index (κ1) is 10.1. The minimum atomic E-state index is -0.0434. The van der Waals surface area contributed by atoms with Crippen molar-refractivity contribution in [2.45, 2.75) is 18.8 Å². The Labute approximate surface area is 99.5 Å². The van der Waals surface area contributed by atoms with Crippen LogP contribution in [0, 0.1) is 0 Å². The van der Waals surface area contributed by atoms with Gasteiger partial charge >= 0.3 is 0 Å². The average molecular weight is 226 g/mol. The molecule has 17 heavy (non-hydrogen) atoms. The predicted molar refractivity (Wildman–Crippen MR) is 68.4 cm³/mol. The summed E-state index contributed by atoms with van der Waals surface area (Å²) in [6.45, 7) is 0. The van der Waals surface area contributed by atoms with Gasteiger partial charge in [0.25, 0.3) is 5.56 Å². The quantitative estimate of drug-likeness (QED) is 0.854. The smallest absolute Gasteiger partial charge is 0.257 e. The van der Waals surface area contributed by atoms with Crippen molar-refractivity contribution in [3.05, 3.63) is 58.5 Å². The molecule has 3 rings (SSSR count). The van der Waals surface area contributed by atoms with Crippen LogP contribution in [0.1, 0.15) is 24.5 Å². The molecular weight excluding hydrogens is 212 g/mol. The zero-order valence-electron chi connectivity index (χ0n) is 9.47. The molecule has 1 aliphatic carbocycles. The van der Waals surface area contributed by atoms with Crippen LogP contribution in [0.5, 0.6) is 0 Å². The summed E-state index contributed by atoms with van der Waals surface area (Å²) in [5.41, 5.74) is 8.23. The van der Waals surface area contributed by atoms with Crippen LogP contribution in [0.2, 0.25) is 0 Å². The van der Waals surface area contributed by atoms with E-state index in [1.54, 1.807) is 4.57 Å². The van der Waals surface area contributed by atoms with Crippen molar-refractivity contribution in [1.29, 1.82) is 0 Å². The van der Waals surface area contributed by atoms with E-state index >= 15 is 0 Å². The molecule has 0 radical (unpaired) electrons. The zero-order chi connectivity index (χ0) is 11.8. The van der Waals surface area contributed by atoms with Gasteiger partial charge in [-0.05, 0) is 37.0 Å². The Morgan fingerprint density at radius 1 is 1.12 bits per heavy atom. The number of aromatic nitrogens is 1. The van der Waals surface area contributed by atoms with Crippen LogP contribution in [-0.4, -0.2) is 4.57 Å². The third-order valence-electron chi connectivity index (χ3n) is 3.09. The van der Waals surface area contributed by atoms with Crippen molar-refractivity contribution in [3.8, 4) is 5.69 Å². The van der Waals surface area contributed by atoms with E-state index in [0.29, 0.717) is 11.6 Å². The van der Waals surface area contributed by atoms with E-state index in [1.165, 1.54) is 6.07 Å². The van der Waals surface area contributed by atoms with Crippen LogP contribution in [0.15, 0.2) is 47.3 Å². The number of pyridine rings is 1. The average Bonchev–Trinajstić information content (AvgIpc) is 3.13. The van der Waals surface area contributed by atoms with Crippen molar-refractivity contribution in [3.63, 3.8) is 0 Å². The minimum absolute atomic E-state index is 0.0434. The number of nitrogen functional groups attached to an aromatic ring is 1. The number of nitrogens with two attached hydrogens (primary N) is 1. The molecule has 2 N–H and O–H groups in total. The Hall–Kier alpha value is -2.03. The fourth-order valence-corrected chi connectivity index (χ4v) is 2.14. The van der Waals surface area contributed by atoms with E-state index in [4.69, 9.17) is 5.73 Å². The summed E-state index contributed by atoms with van der Waals surface area (Å²) in [6, 6.07) is 13.1. The molecule has 0 bridgehead atoms. The fourth-order valence-electron chi connectivity index (χ4n) is 2.14. The molecule has 3 heteroatoms. The van der Waals surface area contributed by atoms with Gasteiger partial charge in [-0.15, -0.1) is 0 Å². The fraction of sp³-hybridized carbons (Fsp3) is 0.214. The lowest BCUT2D eigenvalue weighted by molar-refractivity contribution is 0.870. The molecular formula is C14H14N2O. The largest absolute Gasteiger partial charge is 0.399 e. The molecule has 0 aliphatic heterocycles. The molecule has 1 fully saturated rings. The van der Waals surface area contributed by atoms with Crippen LogP contribution in [0.25, 0.3) is 5.69 Å². The van der Waals surface area contributed by atoms with Crippen molar-refractivity contribution < 1.29 is 0 Å². The molecule has 1 aromatic heterocycles. The van der Waals surface area contributed by atoms with Crippen molar-refractivity contribution in [1.82, 2.24) is 4.57 Å². The predicted octanol–water partition coefficient (Wildman–Crippen LogP) is 2.30. The summed E-state index contributed by atoms with van der Waals surface area (Å²) >= 11 is 0. The van der Waals surface area contributed by atoms with Crippen LogP contribution in [0.4, 0.5) is 5.69 Å². The number of rotatable bonds is 2. The highest BCUT2D eigenvalue weighted by Gasteiger charge is 2.27. The van der Waals surface area contributed by atoms with Gasteiger partial charge in [0.1, 0.15) is 0 Å². The van der Waals surface area contributed by atoms with Gasteiger partial charge in [-0.3, -0.25) is 9.36 Å². The molecule has 0 amide bonds. The third-order valence-corrected chi connectivity index (χ3v) is 3.09. The highest BCUT2D eigenvalue weighted by molar-refractivity contribution is 5.45. The highest BCUT2D eigenvalue weighted by Crippen LogP contribution is 2.40. The maximum absolute atomic E-state index is 12.1. The number of anilines is 1. The maximum atomic E-state index is 12.1. The zero-order valence-corrected chi connectivity index (χ0v) is 9.47. The Morgan fingerprint density at radius 2 is 1.82 bits per heavy atom. The van der Waals surface area contributed by atoms with Crippen molar-refractivity contribution >= 4 is 5.69 Å². The lowest BCUT2D eigenvalue weighted by Crippen LogP contribution is -2.21. The molecule has 2 aromatic rings. The lowest BCUT2D eigenvalue weighted by atomic mass is 10.2. The van der Waals surface area contributed by atoms with Gasteiger partial charge in [-0.25, -0.2) is 0 Å². The summed E-state index contributed by atoms with van der Waals surface area (Å²) in [5, 5.41) is 0. The summed E-state index contributed by atoms with van der Waals surface area (Å²) in [7, 11) is 0. The molecule has 1 saturated carbocycles. The number of nitrogens with zero attached hydrogens (tertiary/aromatic N) is 1. The molecule has 86 valence electrons. The number of benzene rings is 1. The topological polar surface area (TPSA) is 48.0 Å². The Kier molecular flexibility index (Phi) is 2.25. The van der Waals surface area contributed by atoms with E-state index in [0.717, 1.165) is 24.2 Å². The van der Waals surface area contributed by atoms with E-state index in [-0.39, 0.29) is 5.56 Å². The van der Waals surface area contributed by atoms with E-state index in [9.17, 15) is 4.79 Å². The second-order valence-corrected chi connectivity index (χ2v) is 4.50. The molecule has 0 saturated heterocycles. The highest BCUT2D eigenvalue weighted by atomic mass is 16.1. The molecule has 3 nitrogen and oxygen atoms in total.